The van der Waals surface area contributed by atoms with Crippen LogP contribution in [-0.4, -0.2) is 16.0 Å². The predicted molar refractivity (Wildman–Crippen MR) is 69.0 cm³/mol. The van der Waals surface area contributed by atoms with Crippen molar-refractivity contribution in [2.45, 2.75) is 26.2 Å². The van der Waals surface area contributed by atoms with Gasteiger partial charge in [0.05, 0.1) is 5.52 Å². The molecule has 5 heteroatoms. The van der Waals surface area contributed by atoms with Gasteiger partial charge < -0.3 is 10.1 Å². The summed E-state index contributed by atoms with van der Waals surface area (Å²) in [5.41, 5.74) is 1.08. The van der Waals surface area contributed by atoms with Gasteiger partial charge in [-0.25, -0.2) is 0 Å². The number of aromatic hydroxyl groups is 1. The van der Waals surface area contributed by atoms with Crippen LogP contribution in [0.3, 0.4) is 0 Å². The number of hydrogen-bond acceptors (Lipinski definition) is 3. The molecule has 2 rings (SSSR count). The van der Waals surface area contributed by atoms with Gasteiger partial charge in [-0.3, -0.25) is 4.79 Å². The molecule has 2 aromatic rings. The zero-order valence-corrected chi connectivity index (χ0v) is 10.2. The lowest BCUT2D eigenvalue weighted by Crippen LogP contribution is -1.90. The number of nitrogens with one attached hydrogen (secondary N) is 1. The molecule has 0 unspecified atom stereocenters. The number of para-hydroxylation sites is 1. The van der Waals surface area contributed by atoms with Gasteiger partial charge >= 0.3 is 0 Å². The molecule has 0 bridgehead atoms. The van der Waals surface area contributed by atoms with E-state index in [0.717, 1.165) is 23.7 Å². The summed E-state index contributed by atoms with van der Waals surface area (Å²) in [5, 5.41) is 17.9. The molecule has 5 nitrogen and oxygen atoms in total. The number of unbranched alkanes of at least 4 members (excludes halogenated alkanes) is 1. The van der Waals surface area contributed by atoms with Gasteiger partial charge in [-0.05, 0) is 12.5 Å². The molecule has 0 saturated heterocycles. The number of benzene rings is 1. The van der Waals surface area contributed by atoms with E-state index < -0.39 is 0 Å². The average Bonchev–Trinajstić information content (AvgIpc) is 2.69. The zero-order valence-electron chi connectivity index (χ0n) is 10.2. The molecule has 94 valence electrons. The molecule has 0 aliphatic rings. The van der Waals surface area contributed by atoms with E-state index in [-0.39, 0.29) is 11.8 Å². The SMILES string of the molecule is CCCCC(=O)N=Nc1c(O)[nH]c2ccccc12. The molecular weight excluding hydrogens is 230 g/mol. The first-order valence-corrected chi connectivity index (χ1v) is 5.96. The van der Waals surface area contributed by atoms with Gasteiger partial charge in [-0.2, -0.15) is 0 Å². The Kier molecular flexibility index (Phi) is 3.72. The third-order valence-corrected chi connectivity index (χ3v) is 2.67. The highest BCUT2D eigenvalue weighted by Gasteiger charge is 2.09. The standard InChI is InChI=1S/C13H15N3O2/c1-2-3-8-11(17)15-16-12-9-6-4-5-7-10(9)14-13(12)18/h4-7,14,18H,2-3,8H2,1H3. The molecule has 0 spiro atoms. The first kappa shape index (κ1) is 12.3. The maximum Gasteiger partial charge on any atom is 0.264 e. The lowest BCUT2D eigenvalue weighted by molar-refractivity contribution is -0.118. The van der Waals surface area contributed by atoms with Crippen molar-refractivity contribution in [1.82, 2.24) is 4.98 Å². The minimum absolute atomic E-state index is 0.0664. The van der Waals surface area contributed by atoms with Crippen LogP contribution >= 0.6 is 0 Å². The normalized spacial score (nSPS) is 11.4. The Morgan fingerprint density at radius 3 is 2.94 bits per heavy atom. The number of aromatic amines is 1. The van der Waals surface area contributed by atoms with Crippen molar-refractivity contribution in [1.29, 1.82) is 0 Å². The fourth-order valence-electron chi connectivity index (χ4n) is 1.70. The number of fused-ring (bicyclic) bond motifs is 1. The number of azo groups is 1. The molecule has 1 heterocycles. The van der Waals surface area contributed by atoms with E-state index in [1.165, 1.54) is 0 Å². The Balaban J connectivity index is 2.23. The molecule has 0 atom stereocenters. The lowest BCUT2D eigenvalue weighted by Gasteiger charge is -1.92. The number of aromatic nitrogens is 1. The molecule has 0 aliphatic heterocycles. The number of carbonyl (C=O) groups excluding carboxylic acids is 1. The first-order valence-electron chi connectivity index (χ1n) is 5.96. The van der Waals surface area contributed by atoms with Gasteiger partial charge in [-0.1, -0.05) is 31.5 Å². The molecule has 1 amide bonds. The van der Waals surface area contributed by atoms with Crippen LogP contribution in [0.2, 0.25) is 0 Å². The number of nitrogens with zero attached hydrogens (tertiary/aromatic N) is 2. The molecule has 0 aliphatic carbocycles. The van der Waals surface area contributed by atoms with Crippen LogP contribution < -0.4 is 0 Å². The highest BCUT2D eigenvalue weighted by molar-refractivity contribution is 5.94. The van der Waals surface area contributed by atoms with Gasteiger partial charge in [0.1, 0.15) is 0 Å². The summed E-state index contributed by atoms with van der Waals surface area (Å²) in [6, 6.07) is 7.34. The number of hydrogen-bond donors (Lipinski definition) is 2. The Morgan fingerprint density at radius 2 is 2.17 bits per heavy atom. The summed E-state index contributed by atoms with van der Waals surface area (Å²) in [5.74, 6) is -0.329. The minimum Gasteiger partial charge on any atom is -0.493 e. The van der Waals surface area contributed by atoms with Crippen molar-refractivity contribution in [3.63, 3.8) is 0 Å². The largest absolute Gasteiger partial charge is 0.493 e. The van der Waals surface area contributed by atoms with Gasteiger partial charge in [0.2, 0.25) is 5.88 Å². The number of H-pyrrole nitrogens is 1. The molecule has 0 radical (unpaired) electrons. The van der Waals surface area contributed by atoms with Crippen molar-refractivity contribution >= 4 is 22.5 Å². The third kappa shape index (κ3) is 2.56. The molecule has 2 N–H and O–H groups in total. The Morgan fingerprint density at radius 1 is 1.39 bits per heavy atom. The van der Waals surface area contributed by atoms with Crippen LogP contribution in [0.25, 0.3) is 10.9 Å². The van der Waals surface area contributed by atoms with Crippen molar-refractivity contribution < 1.29 is 9.90 Å². The number of amides is 1. The second kappa shape index (κ2) is 5.44. The van der Waals surface area contributed by atoms with Crippen LogP contribution in [0, 0.1) is 0 Å². The molecule has 0 saturated carbocycles. The topological polar surface area (TPSA) is 77.8 Å². The summed E-state index contributed by atoms with van der Waals surface area (Å²) in [6.45, 7) is 2.01. The predicted octanol–water partition coefficient (Wildman–Crippen LogP) is 3.67. The molecule has 1 aromatic heterocycles. The van der Waals surface area contributed by atoms with Crippen molar-refractivity contribution in [3.05, 3.63) is 24.3 Å². The van der Waals surface area contributed by atoms with E-state index in [4.69, 9.17) is 0 Å². The van der Waals surface area contributed by atoms with E-state index >= 15 is 0 Å². The Hall–Kier alpha value is -2.17. The maximum atomic E-state index is 11.4. The number of rotatable bonds is 4. The number of carbonyl (C=O) groups is 1. The summed E-state index contributed by atoms with van der Waals surface area (Å²) >= 11 is 0. The molecule has 18 heavy (non-hydrogen) atoms. The monoisotopic (exact) mass is 245 g/mol. The van der Waals surface area contributed by atoms with Gasteiger partial charge in [-0.15, -0.1) is 10.2 Å². The summed E-state index contributed by atoms with van der Waals surface area (Å²) < 4.78 is 0. The van der Waals surface area contributed by atoms with E-state index in [0.29, 0.717) is 12.1 Å². The molecule has 1 aromatic carbocycles. The van der Waals surface area contributed by atoms with Gasteiger partial charge in [0.15, 0.2) is 5.69 Å². The van der Waals surface area contributed by atoms with E-state index in [1.54, 1.807) is 0 Å². The van der Waals surface area contributed by atoms with Crippen LogP contribution in [0.1, 0.15) is 26.2 Å². The fourth-order valence-corrected chi connectivity index (χ4v) is 1.70. The Bertz CT molecular complexity index is 587. The van der Waals surface area contributed by atoms with Gasteiger partial charge in [0.25, 0.3) is 5.91 Å². The highest BCUT2D eigenvalue weighted by atomic mass is 16.3. The smallest absolute Gasteiger partial charge is 0.264 e. The maximum absolute atomic E-state index is 11.4. The van der Waals surface area contributed by atoms with Crippen LogP contribution in [0.15, 0.2) is 34.5 Å². The van der Waals surface area contributed by atoms with Crippen molar-refractivity contribution in [2.24, 2.45) is 10.2 Å². The fraction of sp³-hybridized carbons (Fsp3) is 0.308. The highest BCUT2D eigenvalue weighted by Crippen LogP contribution is 2.35. The molecular formula is C13H15N3O2. The second-order valence-electron chi connectivity index (χ2n) is 4.07. The van der Waals surface area contributed by atoms with Crippen LogP contribution in [-0.2, 0) is 4.79 Å². The minimum atomic E-state index is -0.262. The molecule has 0 fully saturated rings. The average molecular weight is 245 g/mol. The van der Waals surface area contributed by atoms with Crippen LogP contribution in [0.4, 0.5) is 5.69 Å². The second-order valence-corrected chi connectivity index (χ2v) is 4.07. The van der Waals surface area contributed by atoms with Crippen molar-refractivity contribution in [3.8, 4) is 5.88 Å². The van der Waals surface area contributed by atoms with Crippen LogP contribution in [0.5, 0.6) is 5.88 Å². The summed E-state index contributed by atoms with van der Waals surface area (Å²) in [7, 11) is 0. The quantitative estimate of drug-likeness (QED) is 0.806. The summed E-state index contributed by atoms with van der Waals surface area (Å²) in [6.07, 6.45) is 2.14. The summed E-state index contributed by atoms with van der Waals surface area (Å²) in [4.78, 5) is 14.2. The van der Waals surface area contributed by atoms with E-state index in [9.17, 15) is 9.90 Å². The van der Waals surface area contributed by atoms with Crippen molar-refractivity contribution in [2.75, 3.05) is 0 Å². The Labute approximate surface area is 105 Å². The third-order valence-electron chi connectivity index (χ3n) is 2.67. The van der Waals surface area contributed by atoms with E-state index in [1.807, 2.05) is 31.2 Å². The zero-order chi connectivity index (χ0) is 13.0. The lowest BCUT2D eigenvalue weighted by atomic mass is 10.2. The van der Waals surface area contributed by atoms with E-state index in [2.05, 4.69) is 15.2 Å². The first-order chi connectivity index (χ1) is 8.72. The van der Waals surface area contributed by atoms with Gasteiger partial charge in [0, 0.05) is 11.8 Å².